The highest BCUT2D eigenvalue weighted by Gasteiger charge is 2.17. The van der Waals surface area contributed by atoms with Crippen LogP contribution < -0.4 is 15.4 Å². The number of hydrogen-bond acceptors (Lipinski definition) is 5. The van der Waals surface area contributed by atoms with Gasteiger partial charge in [0, 0.05) is 19.2 Å². The molecule has 1 aliphatic rings. The molecule has 1 fully saturated rings. The normalized spacial score (nSPS) is 16.2. The number of nitrogens with one attached hydrogen (secondary N) is 2. The van der Waals surface area contributed by atoms with Crippen LogP contribution in [0, 0.1) is 5.92 Å². The number of aromatic nitrogens is 1. The number of amides is 2. The maximum atomic E-state index is 11.9. The van der Waals surface area contributed by atoms with Crippen LogP contribution in [0.1, 0.15) is 26.2 Å². The number of methoxy groups -OCH3 is 1. The van der Waals surface area contributed by atoms with Gasteiger partial charge in [-0.2, -0.15) is 0 Å². The van der Waals surface area contributed by atoms with E-state index in [2.05, 4.69) is 27.4 Å². The number of anilines is 1. The highest BCUT2D eigenvalue weighted by atomic mass is 16.5. The van der Waals surface area contributed by atoms with Gasteiger partial charge in [0.1, 0.15) is 0 Å². The van der Waals surface area contributed by atoms with E-state index in [0.29, 0.717) is 24.0 Å². The largest absolute Gasteiger partial charge is 0.481 e. The van der Waals surface area contributed by atoms with Crippen LogP contribution in [-0.2, 0) is 9.59 Å². The van der Waals surface area contributed by atoms with Gasteiger partial charge in [0.2, 0.25) is 5.88 Å². The van der Waals surface area contributed by atoms with E-state index in [1.165, 1.54) is 32.6 Å². The summed E-state index contributed by atoms with van der Waals surface area (Å²) in [5.41, 5.74) is 0.456. The molecule has 132 valence electrons. The first kappa shape index (κ1) is 18.2. The molecule has 1 unspecified atom stereocenters. The SMILES string of the molecule is COc1ccc(NC(=O)C(=O)NCC(C)CN2CCCCC2)cn1. The summed E-state index contributed by atoms with van der Waals surface area (Å²) in [7, 11) is 1.51. The first-order valence-corrected chi connectivity index (χ1v) is 8.40. The maximum absolute atomic E-state index is 11.9. The number of ether oxygens (including phenoxy) is 1. The van der Waals surface area contributed by atoms with Crippen LogP contribution in [0.25, 0.3) is 0 Å². The second-order valence-electron chi connectivity index (χ2n) is 6.22. The van der Waals surface area contributed by atoms with Gasteiger partial charge in [-0.05, 0) is 37.9 Å². The number of piperidine rings is 1. The molecule has 0 spiro atoms. The molecule has 1 saturated heterocycles. The van der Waals surface area contributed by atoms with Crippen LogP contribution in [-0.4, -0.2) is 55.0 Å². The fourth-order valence-electron chi connectivity index (χ4n) is 2.76. The van der Waals surface area contributed by atoms with Crippen molar-refractivity contribution in [3.05, 3.63) is 18.3 Å². The molecule has 2 amide bonds. The van der Waals surface area contributed by atoms with Crippen LogP contribution in [0.15, 0.2) is 18.3 Å². The molecule has 7 nitrogen and oxygen atoms in total. The number of nitrogens with zero attached hydrogens (tertiary/aromatic N) is 2. The highest BCUT2D eigenvalue weighted by molar-refractivity contribution is 6.39. The first-order valence-electron chi connectivity index (χ1n) is 8.40. The molecule has 0 aromatic carbocycles. The molecule has 2 rings (SSSR count). The molecule has 24 heavy (non-hydrogen) atoms. The van der Waals surface area contributed by atoms with E-state index < -0.39 is 11.8 Å². The molecule has 7 heteroatoms. The minimum atomic E-state index is -0.688. The average molecular weight is 334 g/mol. The molecule has 1 aromatic rings. The Morgan fingerprint density at radius 3 is 2.62 bits per heavy atom. The zero-order valence-electron chi connectivity index (χ0n) is 14.4. The number of carbonyl (C=O) groups excluding carboxylic acids is 2. The third-order valence-electron chi connectivity index (χ3n) is 4.04. The lowest BCUT2D eigenvalue weighted by atomic mass is 10.1. The highest BCUT2D eigenvalue weighted by Crippen LogP contribution is 2.11. The summed E-state index contributed by atoms with van der Waals surface area (Å²) in [4.78, 5) is 30.2. The second kappa shape index (κ2) is 9.22. The predicted octanol–water partition coefficient (Wildman–Crippen LogP) is 1.27. The van der Waals surface area contributed by atoms with E-state index in [4.69, 9.17) is 4.74 Å². The lowest BCUT2D eigenvalue weighted by Gasteiger charge is -2.29. The standard InChI is InChI=1S/C17H26N4O3/c1-13(12-21-8-4-3-5-9-21)10-19-16(22)17(23)20-14-6-7-15(24-2)18-11-14/h6-7,11,13H,3-5,8-10,12H2,1-2H3,(H,19,22)(H,20,23). The van der Waals surface area contributed by atoms with Gasteiger partial charge >= 0.3 is 11.8 Å². The van der Waals surface area contributed by atoms with Gasteiger partial charge in [0.15, 0.2) is 0 Å². The fraction of sp³-hybridized carbons (Fsp3) is 0.588. The van der Waals surface area contributed by atoms with Crippen molar-refractivity contribution in [2.45, 2.75) is 26.2 Å². The molecule has 1 aliphatic heterocycles. The van der Waals surface area contributed by atoms with Crippen LogP contribution >= 0.6 is 0 Å². The minimum Gasteiger partial charge on any atom is -0.481 e. The summed E-state index contributed by atoms with van der Waals surface area (Å²) in [5, 5.41) is 5.21. The van der Waals surface area contributed by atoms with Crippen molar-refractivity contribution in [3.63, 3.8) is 0 Å². The Balaban J connectivity index is 1.71. The Kier molecular flexibility index (Phi) is 6.99. The zero-order chi connectivity index (χ0) is 17.4. The van der Waals surface area contributed by atoms with Crippen molar-refractivity contribution in [3.8, 4) is 5.88 Å². The van der Waals surface area contributed by atoms with Crippen molar-refractivity contribution in [1.82, 2.24) is 15.2 Å². The number of carbonyl (C=O) groups is 2. The minimum absolute atomic E-state index is 0.308. The first-order chi connectivity index (χ1) is 11.6. The Bertz CT molecular complexity index is 541. The van der Waals surface area contributed by atoms with E-state index >= 15 is 0 Å². The number of hydrogen-bond donors (Lipinski definition) is 2. The van der Waals surface area contributed by atoms with Gasteiger partial charge in [0.25, 0.3) is 0 Å². The van der Waals surface area contributed by atoms with Crippen LogP contribution in [0.5, 0.6) is 5.88 Å². The summed E-state index contributed by atoms with van der Waals surface area (Å²) in [6.07, 6.45) is 5.25. The summed E-state index contributed by atoms with van der Waals surface area (Å²) in [6.45, 7) is 5.78. The van der Waals surface area contributed by atoms with Crippen molar-refractivity contribution >= 4 is 17.5 Å². The van der Waals surface area contributed by atoms with Crippen molar-refractivity contribution < 1.29 is 14.3 Å². The molecule has 1 aromatic heterocycles. The molecule has 0 bridgehead atoms. The van der Waals surface area contributed by atoms with E-state index in [0.717, 1.165) is 19.6 Å². The van der Waals surface area contributed by atoms with Crippen molar-refractivity contribution in [1.29, 1.82) is 0 Å². The van der Waals surface area contributed by atoms with Crippen LogP contribution in [0.3, 0.4) is 0 Å². The summed E-state index contributed by atoms with van der Waals surface area (Å²) < 4.78 is 4.94. The number of likely N-dealkylation sites (tertiary alicyclic amines) is 1. The second-order valence-corrected chi connectivity index (χ2v) is 6.22. The van der Waals surface area contributed by atoms with Gasteiger partial charge < -0.3 is 20.3 Å². The topological polar surface area (TPSA) is 83.6 Å². The molecule has 2 N–H and O–H groups in total. The molecular weight excluding hydrogens is 308 g/mol. The summed E-state index contributed by atoms with van der Waals surface area (Å²) in [5.74, 6) is -0.560. The third kappa shape index (κ3) is 5.81. The molecule has 0 saturated carbocycles. The Morgan fingerprint density at radius 2 is 2.00 bits per heavy atom. The number of pyridine rings is 1. The van der Waals surface area contributed by atoms with Crippen molar-refractivity contribution in [2.75, 3.05) is 38.6 Å². The lowest BCUT2D eigenvalue weighted by Crippen LogP contribution is -2.41. The number of rotatable bonds is 6. The zero-order valence-corrected chi connectivity index (χ0v) is 14.4. The van der Waals surface area contributed by atoms with E-state index in [-0.39, 0.29) is 0 Å². The fourth-order valence-corrected chi connectivity index (χ4v) is 2.76. The quantitative estimate of drug-likeness (QED) is 0.766. The molecule has 1 atom stereocenters. The smallest absolute Gasteiger partial charge is 0.313 e. The third-order valence-corrected chi connectivity index (χ3v) is 4.04. The van der Waals surface area contributed by atoms with E-state index in [1.54, 1.807) is 12.1 Å². The van der Waals surface area contributed by atoms with Crippen LogP contribution in [0.2, 0.25) is 0 Å². The Hall–Kier alpha value is -2.15. The van der Waals surface area contributed by atoms with Crippen LogP contribution in [0.4, 0.5) is 5.69 Å². The van der Waals surface area contributed by atoms with E-state index in [1.807, 2.05) is 0 Å². The van der Waals surface area contributed by atoms with Gasteiger partial charge in [-0.25, -0.2) is 4.98 Å². The molecule has 2 heterocycles. The van der Waals surface area contributed by atoms with Gasteiger partial charge in [-0.1, -0.05) is 13.3 Å². The molecule has 0 radical (unpaired) electrons. The summed E-state index contributed by atoms with van der Waals surface area (Å²) in [6, 6.07) is 3.25. The Morgan fingerprint density at radius 1 is 1.25 bits per heavy atom. The van der Waals surface area contributed by atoms with Gasteiger partial charge in [-0.15, -0.1) is 0 Å². The Labute approximate surface area is 142 Å². The predicted molar refractivity (Wildman–Crippen MR) is 91.9 cm³/mol. The van der Waals surface area contributed by atoms with Crippen molar-refractivity contribution in [2.24, 2.45) is 5.92 Å². The average Bonchev–Trinajstić information content (AvgIpc) is 2.61. The lowest BCUT2D eigenvalue weighted by molar-refractivity contribution is -0.136. The van der Waals surface area contributed by atoms with E-state index in [9.17, 15) is 9.59 Å². The maximum Gasteiger partial charge on any atom is 0.313 e. The molecular formula is C17H26N4O3. The van der Waals surface area contributed by atoms with Gasteiger partial charge in [0.05, 0.1) is 19.0 Å². The van der Waals surface area contributed by atoms with Gasteiger partial charge in [-0.3, -0.25) is 9.59 Å². The summed E-state index contributed by atoms with van der Waals surface area (Å²) >= 11 is 0. The molecule has 0 aliphatic carbocycles. The monoisotopic (exact) mass is 334 g/mol.